The number of amidine groups is 1. The summed E-state index contributed by atoms with van der Waals surface area (Å²) in [5.74, 6) is 0.194. The lowest BCUT2D eigenvalue weighted by Crippen LogP contribution is -2.26. The average molecular weight is 497 g/mol. The quantitative estimate of drug-likeness (QED) is 0.164. The topological polar surface area (TPSA) is 83.1 Å². The van der Waals surface area contributed by atoms with Gasteiger partial charge in [0.25, 0.3) is 0 Å². The van der Waals surface area contributed by atoms with Crippen LogP contribution in [0, 0.1) is 6.92 Å². The molecule has 3 aromatic carbocycles. The Labute approximate surface area is 213 Å². The lowest BCUT2D eigenvalue weighted by atomic mass is 10.0. The maximum Gasteiger partial charge on any atom is 0.335 e. The Balaban J connectivity index is 1.63. The Morgan fingerprint density at radius 2 is 1.67 bits per heavy atom. The van der Waals surface area contributed by atoms with Crippen molar-refractivity contribution < 1.29 is 19.1 Å². The Morgan fingerprint density at radius 1 is 0.972 bits per heavy atom. The number of carbonyl (C=O) groups is 2. The molecule has 0 aliphatic carbocycles. The van der Waals surface area contributed by atoms with E-state index in [1.54, 1.807) is 25.1 Å². The van der Waals surface area contributed by atoms with Gasteiger partial charge in [0.15, 0.2) is 5.17 Å². The minimum atomic E-state index is -0.975. The minimum Gasteiger partial charge on any atom is -0.478 e. The van der Waals surface area contributed by atoms with Crippen molar-refractivity contribution in [2.45, 2.75) is 13.8 Å². The molecule has 0 radical (unpaired) electrons. The normalized spacial score (nSPS) is 11.8. The second-order valence-corrected chi connectivity index (χ2v) is 9.15. The molecule has 0 aliphatic heterocycles. The van der Waals surface area contributed by atoms with Crippen LogP contribution in [0.3, 0.4) is 0 Å². The van der Waals surface area contributed by atoms with Crippen molar-refractivity contribution >= 4 is 46.8 Å². The van der Waals surface area contributed by atoms with Gasteiger partial charge in [0.05, 0.1) is 16.9 Å². The Hall–Kier alpha value is -4.36. The zero-order chi connectivity index (χ0) is 25.5. The Kier molecular flexibility index (Phi) is 7.82. The molecule has 0 spiro atoms. The number of aliphatic imine (C=N–C) groups is 1. The summed E-state index contributed by atoms with van der Waals surface area (Å²) < 4.78 is 5.98. The van der Waals surface area contributed by atoms with Crippen molar-refractivity contribution in [3.63, 3.8) is 0 Å². The van der Waals surface area contributed by atoms with Gasteiger partial charge in [0.1, 0.15) is 11.5 Å². The first-order valence-electron chi connectivity index (χ1n) is 11.2. The van der Waals surface area contributed by atoms with Gasteiger partial charge in [-0.25, -0.2) is 9.79 Å². The van der Waals surface area contributed by atoms with Crippen LogP contribution in [-0.4, -0.2) is 22.7 Å². The van der Waals surface area contributed by atoms with Crippen LogP contribution >= 0.6 is 11.8 Å². The SMILES string of the molecule is C/C(=C/c1ccc(-c2ccc(C)c(C(=O)O)c2)o1)SC(=Nc1ccccc1)N(C=O)c1ccccc1. The second kappa shape index (κ2) is 11.4. The summed E-state index contributed by atoms with van der Waals surface area (Å²) in [7, 11) is 0. The molecule has 0 unspecified atom stereocenters. The van der Waals surface area contributed by atoms with Crippen molar-refractivity contribution in [2.75, 3.05) is 4.90 Å². The molecule has 0 saturated heterocycles. The van der Waals surface area contributed by atoms with Crippen LogP contribution < -0.4 is 4.90 Å². The number of amides is 1. The van der Waals surface area contributed by atoms with E-state index in [0.717, 1.165) is 17.0 Å². The fraction of sp³-hybridized carbons (Fsp3) is 0.0690. The van der Waals surface area contributed by atoms with E-state index >= 15 is 0 Å². The summed E-state index contributed by atoms with van der Waals surface area (Å²) in [5.41, 5.74) is 3.05. The third kappa shape index (κ3) is 6.00. The Morgan fingerprint density at radius 3 is 2.33 bits per heavy atom. The first-order valence-corrected chi connectivity index (χ1v) is 12.0. The third-order valence-electron chi connectivity index (χ3n) is 5.30. The van der Waals surface area contributed by atoms with Gasteiger partial charge < -0.3 is 9.52 Å². The van der Waals surface area contributed by atoms with Gasteiger partial charge in [-0.2, -0.15) is 0 Å². The summed E-state index contributed by atoms with van der Waals surface area (Å²) in [6, 6.07) is 27.6. The molecule has 0 bridgehead atoms. The predicted molar refractivity (Wildman–Crippen MR) is 146 cm³/mol. The summed E-state index contributed by atoms with van der Waals surface area (Å²) in [6.45, 7) is 3.67. The van der Waals surface area contributed by atoms with E-state index in [1.165, 1.54) is 16.7 Å². The molecule has 0 fully saturated rings. The maximum atomic E-state index is 12.1. The number of hydrogen-bond donors (Lipinski definition) is 1. The smallest absolute Gasteiger partial charge is 0.335 e. The highest BCUT2D eigenvalue weighted by molar-refractivity contribution is 8.17. The molecular weight excluding hydrogens is 472 g/mol. The lowest BCUT2D eigenvalue weighted by molar-refractivity contribution is -0.106. The number of aryl methyl sites for hydroxylation is 1. The van der Waals surface area contributed by atoms with E-state index in [2.05, 4.69) is 0 Å². The molecule has 36 heavy (non-hydrogen) atoms. The standard InChI is InChI=1S/C29H24N2O4S/c1-20-13-14-22(18-26(20)28(33)34)27-16-15-25(35-27)17-21(2)36-29(30-23-9-5-3-6-10-23)31(19-32)24-11-7-4-8-12-24/h3-19H,1-2H3,(H,33,34)/b21-17-,30-29?. The number of carboxylic acids is 1. The highest BCUT2D eigenvalue weighted by Gasteiger charge is 2.16. The molecule has 1 aromatic heterocycles. The molecule has 7 heteroatoms. The maximum absolute atomic E-state index is 12.1. The van der Waals surface area contributed by atoms with E-state index in [4.69, 9.17) is 9.41 Å². The summed E-state index contributed by atoms with van der Waals surface area (Å²) in [5, 5.41) is 9.91. The highest BCUT2D eigenvalue weighted by atomic mass is 32.2. The third-order valence-corrected chi connectivity index (χ3v) is 6.21. The molecule has 1 N–H and O–H groups in total. The number of rotatable bonds is 7. The zero-order valence-corrected chi connectivity index (χ0v) is 20.6. The largest absolute Gasteiger partial charge is 0.478 e. The molecule has 180 valence electrons. The van der Waals surface area contributed by atoms with E-state index in [9.17, 15) is 14.7 Å². The number of benzene rings is 3. The van der Waals surface area contributed by atoms with Crippen LogP contribution in [0.1, 0.15) is 28.6 Å². The number of furan rings is 1. The van der Waals surface area contributed by atoms with E-state index in [0.29, 0.717) is 33.5 Å². The van der Waals surface area contributed by atoms with Crippen molar-refractivity contribution in [3.05, 3.63) is 113 Å². The number of para-hydroxylation sites is 2. The van der Waals surface area contributed by atoms with E-state index < -0.39 is 5.97 Å². The van der Waals surface area contributed by atoms with E-state index in [-0.39, 0.29) is 5.56 Å². The fourth-order valence-electron chi connectivity index (χ4n) is 3.51. The first-order chi connectivity index (χ1) is 17.4. The summed E-state index contributed by atoms with van der Waals surface area (Å²) >= 11 is 1.34. The first kappa shape index (κ1) is 24.8. The van der Waals surface area contributed by atoms with Crippen molar-refractivity contribution in [2.24, 2.45) is 4.99 Å². The Bertz CT molecular complexity index is 1430. The van der Waals surface area contributed by atoms with Gasteiger partial charge in [0.2, 0.25) is 6.41 Å². The molecule has 0 aliphatic rings. The lowest BCUT2D eigenvalue weighted by Gasteiger charge is -2.19. The van der Waals surface area contributed by atoms with Gasteiger partial charge in [-0.05, 0) is 72.9 Å². The van der Waals surface area contributed by atoms with Gasteiger partial charge in [-0.3, -0.25) is 9.69 Å². The summed E-state index contributed by atoms with van der Waals surface area (Å²) in [6.07, 6.45) is 2.61. The van der Waals surface area contributed by atoms with Crippen LogP contribution in [0.2, 0.25) is 0 Å². The van der Waals surface area contributed by atoms with Crippen molar-refractivity contribution in [1.82, 2.24) is 0 Å². The van der Waals surface area contributed by atoms with Gasteiger partial charge in [-0.15, -0.1) is 0 Å². The number of aromatic carboxylic acids is 1. The molecule has 1 heterocycles. The van der Waals surface area contributed by atoms with Crippen LogP contribution in [0.5, 0.6) is 0 Å². The molecule has 0 saturated carbocycles. The number of hydrogen-bond acceptors (Lipinski definition) is 5. The molecule has 4 rings (SSSR count). The highest BCUT2D eigenvalue weighted by Crippen LogP contribution is 2.30. The van der Waals surface area contributed by atoms with E-state index in [1.807, 2.05) is 85.8 Å². The van der Waals surface area contributed by atoms with Gasteiger partial charge in [0, 0.05) is 5.56 Å². The van der Waals surface area contributed by atoms with Gasteiger partial charge in [-0.1, -0.05) is 60.3 Å². The van der Waals surface area contributed by atoms with Gasteiger partial charge >= 0.3 is 5.97 Å². The molecule has 4 aromatic rings. The number of thioether (sulfide) groups is 1. The fourth-order valence-corrected chi connectivity index (χ4v) is 4.37. The molecule has 6 nitrogen and oxygen atoms in total. The number of anilines is 1. The number of allylic oxidation sites excluding steroid dienone is 1. The molecule has 0 atom stereocenters. The average Bonchev–Trinajstić information content (AvgIpc) is 3.34. The number of nitrogens with zero attached hydrogens (tertiary/aromatic N) is 2. The van der Waals surface area contributed by atoms with Crippen LogP contribution in [-0.2, 0) is 4.79 Å². The number of carbonyl (C=O) groups excluding carboxylic acids is 1. The van der Waals surface area contributed by atoms with Crippen molar-refractivity contribution in [1.29, 1.82) is 0 Å². The van der Waals surface area contributed by atoms with Crippen LogP contribution in [0.25, 0.3) is 17.4 Å². The van der Waals surface area contributed by atoms with Crippen LogP contribution in [0.4, 0.5) is 11.4 Å². The molecule has 1 amide bonds. The number of carboxylic acid groups (broad SMARTS) is 1. The summed E-state index contributed by atoms with van der Waals surface area (Å²) in [4.78, 5) is 30.7. The predicted octanol–water partition coefficient (Wildman–Crippen LogP) is 7.40. The monoisotopic (exact) mass is 496 g/mol. The van der Waals surface area contributed by atoms with Crippen molar-refractivity contribution in [3.8, 4) is 11.3 Å². The minimum absolute atomic E-state index is 0.240. The second-order valence-electron chi connectivity index (χ2n) is 7.93. The van der Waals surface area contributed by atoms with Crippen LogP contribution in [0.15, 0.2) is 105 Å². The zero-order valence-electron chi connectivity index (χ0n) is 19.8. The molecular formula is C29H24N2O4S.